The van der Waals surface area contributed by atoms with E-state index >= 15 is 0 Å². The molecule has 1 amide bonds. The van der Waals surface area contributed by atoms with E-state index in [1.807, 2.05) is 24.3 Å². The van der Waals surface area contributed by atoms with E-state index in [1.165, 1.54) is 0 Å². The summed E-state index contributed by atoms with van der Waals surface area (Å²) in [5.41, 5.74) is 1.57. The minimum atomic E-state index is -0.373. The lowest BCUT2D eigenvalue weighted by Gasteiger charge is -2.11. The SMILES string of the molecule is Cc1noc(C(C)NC(=O)c2cccc(CSc3cc(Cl)ccc3Cl)c2)n1. The van der Waals surface area contributed by atoms with Crippen LogP contribution in [0.4, 0.5) is 0 Å². The Morgan fingerprint density at radius 2 is 2.07 bits per heavy atom. The summed E-state index contributed by atoms with van der Waals surface area (Å²) in [6.07, 6.45) is 0. The van der Waals surface area contributed by atoms with Crippen LogP contribution in [0.15, 0.2) is 51.9 Å². The Labute approximate surface area is 171 Å². The summed E-state index contributed by atoms with van der Waals surface area (Å²) in [6, 6.07) is 12.4. The predicted molar refractivity (Wildman–Crippen MR) is 107 cm³/mol. The Kier molecular flexibility index (Phi) is 6.42. The third kappa shape index (κ3) is 5.25. The molecule has 1 N–H and O–H groups in total. The van der Waals surface area contributed by atoms with Crippen LogP contribution in [0.5, 0.6) is 0 Å². The summed E-state index contributed by atoms with van der Waals surface area (Å²) in [7, 11) is 0. The molecule has 3 rings (SSSR count). The Bertz CT molecular complexity index is 962. The average Bonchev–Trinajstić information content (AvgIpc) is 3.09. The summed E-state index contributed by atoms with van der Waals surface area (Å²) in [4.78, 5) is 17.6. The summed E-state index contributed by atoms with van der Waals surface area (Å²) in [6.45, 7) is 3.53. The maximum atomic E-state index is 12.5. The number of halogens is 2. The molecule has 0 radical (unpaired) electrons. The van der Waals surface area contributed by atoms with Gasteiger partial charge in [-0.3, -0.25) is 4.79 Å². The maximum absolute atomic E-state index is 12.5. The number of aryl methyl sites for hydroxylation is 1. The molecular weight excluding hydrogens is 405 g/mol. The molecular formula is C19H17Cl2N3O2S. The van der Waals surface area contributed by atoms with Crippen molar-refractivity contribution in [3.05, 3.63) is 75.4 Å². The van der Waals surface area contributed by atoms with E-state index in [4.69, 9.17) is 27.7 Å². The van der Waals surface area contributed by atoms with Gasteiger partial charge in [-0.25, -0.2) is 0 Å². The van der Waals surface area contributed by atoms with E-state index in [0.29, 0.717) is 33.1 Å². The molecule has 1 aromatic heterocycles. The minimum Gasteiger partial charge on any atom is -0.341 e. The Morgan fingerprint density at radius 1 is 1.26 bits per heavy atom. The van der Waals surface area contributed by atoms with Crippen molar-refractivity contribution in [2.24, 2.45) is 0 Å². The number of nitrogens with zero attached hydrogens (tertiary/aromatic N) is 2. The zero-order valence-electron chi connectivity index (χ0n) is 14.7. The summed E-state index contributed by atoms with van der Waals surface area (Å²) >= 11 is 13.8. The molecule has 8 heteroatoms. The fourth-order valence-electron chi connectivity index (χ4n) is 2.38. The van der Waals surface area contributed by atoms with Crippen LogP contribution in [0.3, 0.4) is 0 Å². The van der Waals surface area contributed by atoms with Crippen molar-refractivity contribution in [1.29, 1.82) is 0 Å². The Balaban J connectivity index is 1.65. The first kappa shape index (κ1) is 19.7. The van der Waals surface area contributed by atoms with Gasteiger partial charge in [-0.15, -0.1) is 11.8 Å². The lowest BCUT2D eigenvalue weighted by Crippen LogP contribution is -2.26. The second-order valence-corrected chi connectivity index (χ2v) is 7.80. The van der Waals surface area contributed by atoms with Crippen molar-refractivity contribution >= 4 is 40.9 Å². The molecule has 140 valence electrons. The molecule has 0 spiro atoms. The largest absolute Gasteiger partial charge is 0.341 e. The second-order valence-electron chi connectivity index (χ2n) is 5.94. The first-order valence-electron chi connectivity index (χ1n) is 8.20. The third-order valence-corrected chi connectivity index (χ3v) is 5.54. The van der Waals surface area contributed by atoms with Gasteiger partial charge >= 0.3 is 0 Å². The van der Waals surface area contributed by atoms with Gasteiger partial charge in [0.1, 0.15) is 6.04 Å². The van der Waals surface area contributed by atoms with Crippen molar-refractivity contribution < 1.29 is 9.32 Å². The quantitative estimate of drug-likeness (QED) is 0.534. The van der Waals surface area contributed by atoms with Gasteiger partial charge < -0.3 is 9.84 Å². The van der Waals surface area contributed by atoms with Gasteiger partial charge in [0.15, 0.2) is 5.82 Å². The molecule has 0 aliphatic heterocycles. The first-order chi connectivity index (χ1) is 12.9. The number of carbonyl (C=O) groups is 1. The summed E-state index contributed by atoms with van der Waals surface area (Å²) < 4.78 is 5.09. The van der Waals surface area contributed by atoms with Crippen molar-refractivity contribution in [3.63, 3.8) is 0 Å². The second kappa shape index (κ2) is 8.78. The van der Waals surface area contributed by atoms with E-state index < -0.39 is 0 Å². The number of rotatable bonds is 6. The van der Waals surface area contributed by atoms with Gasteiger partial charge in [-0.2, -0.15) is 4.98 Å². The normalized spacial score (nSPS) is 12.0. The van der Waals surface area contributed by atoms with E-state index in [2.05, 4.69) is 15.5 Å². The molecule has 3 aromatic rings. The highest BCUT2D eigenvalue weighted by Crippen LogP contribution is 2.32. The van der Waals surface area contributed by atoms with Crippen molar-refractivity contribution in [3.8, 4) is 0 Å². The van der Waals surface area contributed by atoms with Crippen LogP contribution in [0, 0.1) is 6.92 Å². The lowest BCUT2D eigenvalue weighted by molar-refractivity contribution is 0.0932. The van der Waals surface area contributed by atoms with Crippen LogP contribution < -0.4 is 5.32 Å². The predicted octanol–water partition coefficient (Wildman–Crippen LogP) is 5.47. The highest BCUT2D eigenvalue weighted by atomic mass is 35.5. The van der Waals surface area contributed by atoms with E-state index in [-0.39, 0.29) is 11.9 Å². The van der Waals surface area contributed by atoms with E-state index in [9.17, 15) is 4.79 Å². The van der Waals surface area contributed by atoms with Gasteiger partial charge in [0, 0.05) is 21.2 Å². The van der Waals surface area contributed by atoms with Gasteiger partial charge in [0.25, 0.3) is 5.91 Å². The zero-order chi connectivity index (χ0) is 19.4. The number of aromatic nitrogens is 2. The highest BCUT2D eigenvalue weighted by molar-refractivity contribution is 7.98. The Hall–Kier alpha value is -2.02. The third-order valence-electron chi connectivity index (χ3n) is 3.74. The standard InChI is InChI=1S/C19H17Cl2N3O2S/c1-11(19-23-12(2)24-26-19)22-18(25)14-5-3-4-13(8-14)10-27-17-9-15(20)6-7-16(17)21/h3-9,11H,10H2,1-2H3,(H,22,25). The smallest absolute Gasteiger partial charge is 0.251 e. The molecule has 0 aliphatic rings. The van der Waals surface area contributed by atoms with Crippen LogP contribution >= 0.6 is 35.0 Å². The molecule has 0 saturated heterocycles. The lowest BCUT2D eigenvalue weighted by atomic mass is 10.1. The molecule has 27 heavy (non-hydrogen) atoms. The van der Waals surface area contributed by atoms with Crippen LogP contribution in [-0.2, 0) is 5.75 Å². The van der Waals surface area contributed by atoms with Gasteiger partial charge in [-0.05, 0) is 49.7 Å². The number of carbonyl (C=O) groups excluding carboxylic acids is 1. The van der Waals surface area contributed by atoms with Crippen molar-refractivity contribution in [2.45, 2.75) is 30.5 Å². The monoisotopic (exact) mass is 421 g/mol. The summed E-state index contributed by atoms with van der Waals surface area (Å²) in [5.74, 6) is 1.37. The van der Waals surface area contributed by atoms with Gasteiger partial charge in [-0.1, -0.05) is 40.5 Å². The number of nitrogens with one attached hydrogen (secondary N) is 1. The first-order valence-corrected chi connectivity index (χ1v) is 9.94. The van der Waals surface area contributed by atoms with Crippen LogP contribution in [0.1, 0.15) is 40.6 Å². The molecule has 0 aliphatic carbocycles. The molecule has 2 aromatic carbocycles. The average molecular weight is 422 g/mol. The Morgan fingerprint density at radius 3 is 2.81 bits per heavy atom. The van der Waals surface area contributed by atoms with Crippen LogP contribution in [-0.4, -0.2) is 16.0 Å². The number of benzene rings is 2. The molecule has 0 fully saturated rings. The zero-order valence-corrected chi connectivity index (χ0v) is 17.0. The molecule has 1 unspecified atom stereocenters. The molecule has 0 bridgehead atoms. The van der Waals surface area contributed by atoms with Gasteiger partial charge in [0.05, 0.1) is 5.02 Å². The molecule has 0 saturated carbocycles. The van der Waals surface area contributed by atoms with E-state index in [1.54, 1.807) is 43.8 Å². The van der Waals surface area contributed by atoms with Crippen LogP contribution in [0.25, 0.3) is 0 Å². The fourth-order valence-corrected chi connectivity index (χ4v) is 3.82. The maximum Gasteiger partial charge on any atom is 0.251 e. The molecule has 5 nitrogen and oxygen atoms in total. The summed E-state index contributed by atoms with van der Waals surface area (Å²) in [5, 5.41) is 7.89. The van der Waals surface area contributed by atoms with Gasteiger partial charge in [0.2, 0.25) is 5.89 Å². The minimum absolute atomic E-state index is 0.203. The van der Waals surface area contributed by atoms with Crippen LogP contribution in [0.2, 0.25) is 10.0 Å². The number of hydrogen-bond acceptors (Lipinski definition) is 5. The topological polar surface area (TPSA) is 68.0 Å². The van der Waals surface area contributed by atoms with Crippen molar-refractivity contribution in [2.75, 3.05) is 0 Å². The van der Waals surface area contributed by atoms with E-state index in [0.717, 1.165) is 10.5 Å². The van der Waals surface area contributed by atoms with Crippen molar-refractivity contribution in [1.82, 2.24) is 15.5 Å². The highest BCUT2D eigenvalue weighted by Gasteiger charge is 2.16. The fraction of sp³-hybridized carbons (Fsp3) is 0.211. The number of amides is 1. The number of hydrogen-bond donors (Lipinski definition) is 1. The molecule has 1 heterocycles. The number of thioether (sulfide) groups is 1. The molecule has 1 atom stereocenters.